The summed E-state index contributed by atoms with van der Waals surface area (Å²) in [4.78, 5) is 4.20. The molecule has 0 spiro atoms. The topological polar surface area (TPSA) is 38.0 Å². The van der Waals surface area contributed by atoms with Crippen molar-refractivity contribution in [1.82, 2.24) is 9.55 Å². The number of benzene rings is 1. The SMILES string of the molecule is OC1CCCn2c1nc1ccc(C(F)(F)F)cc12. The number of fused-ring (bicyclic) bond motifs is 3. The number of hydrogen-bond donors (Lipinski definition) is 1. The largest absolute Gasteiger partial charge is 0.416 e. The van der Waals surface area contributed by atoms with Crippen molar-refractivity contribution in [3.05, 3.63) is 29.6 Å². The zero-order valence-corrected chi connectivity index (χ0v) is 9.41. The number of aryl methyl sites for hydroxylation is 1. The van der Waals surface area contributed by atoms with E-state index in [1.165, 1.54) is 6.07 Å². The summed E-state index contributed by atoms with van der Waals surface area (Å²) in [5.41, 5.74) is 0.260. The van der Waals surface area contributed by atoms with Crippen LogP contribution in [0.3, 0.4) is 0 Å². The van der Waals surface area contributed by atoms with Gasteiger partial charge >= 0.3 is 6.18 Å². The molecular formula is C12H11F3N2O. The maximum absolute atomic E-state index is 12.7. The fraction of sp³-hybridized carbons (Fsp3) is 0.417. The molecule has 18 heavy (non-hydrogen) atoms. The van der Waals surface area contributed by atoms with Crippen LogP contribution in [0.5, 0.6) is 0 Å². The average molecular weight is 256 g/mol. The third kappa shape index (κ3) is 1.68. The Labute approximate surface area is 101 Å². The Kier molecular flexibility index (Phi) is 2.38. The van der Waals surface area contributed by atoms with Crippen LogP contribution in [0.4, 0.5) is 13.2 Å². The number of aliphatic hydroxyl groups is 1. The minimum atomic E-state index is -4.35. The lowest BCUT2D eigenvalue weighted by Gasteiger charge is -2.19. The molecule has 2 aromatic rings. The van der Waals surface area contributed by atoms with Crippen LogP contribution in [-0.4, -0.2) is 14.7 Å². The van der Waals surface area contributed by atoms with Crippen molar-refractivity contribution in [3.63, 3.8) is 0 Å². The lowest BCUT2D eigenvalue weighted by atomic mass is 10.1. The second-order valence-electron chi connectivity index (χ2n) is 4.48. The van der Waals surface area contributed by atoms with E-state index in [2.05, 4.69) is 4.98 Å². The minimum Gasteiger partial charge on any atom is -0.385 e. The highest BCUT2D eigenvalue weighted by Gasteiger charge is 2.31. The maximum Gasteiger partial charge on any atom is 0.416 e. The summed E-state index contributed by atoms with van der Waals surface area (Å²) in [6, 6.07) is 3.48. The van der Waals surface area contributed by atoms with Crippen LogP contribution in [-0.2, 0) is 12.7 Å². The number of hydrogen-bond acceptors (Lipinski definition) is 2. The van der Waals surface area contributed by atoms with Crippen LogP contribution >= 0.6 is 0 Å². The number of alkyl halides is 3. The van der Waals surface area contributed by atoms with Crippen LogP contribution in [0, 0.1) is 0 Å². The van der Waals surface area contributed by atoms with Crippen LogP contribution in [0.2, 0.25) is 0 Å². The Hall–Kier alpha value is -1.56. The number of rotatable bonds is 0. The smallest absolute Gasteiger partial charge is 0.385 e. The van der Waals surface area contributed by atoms with Crippen LogP contribution in [0.1, 0.15) is 30.3 Å². The van der Waals surface area contributed by atoms with Crippen LogP contribution < -0.4 is 0 Å². The number of aliphatic hydroxyl groups excluding tert-OH is 1. The molecule has 2 heterocycles. The Balaban J connectivity index is 2.22. The molecule has 1 aliphatic rings. The van der Waals surface area contributed by atoms with Gasteiger partial charge in [0.2, 0.25) is 0 Å². The first kappa shape index (κ1) is 11.5. The summed E-state index contributed by atoms with van der Waals surface area (Å²) >= 11 is 0. The summed E-state index contributed by atoms with van der Waals surface area (Å²) in [7, 11) is 0. The van der Waals surface area contributed by atoms with Crippen molar-refractivity contribution < 1.29 is 18.3 Å². The molecule has 0 fully saturated rings. The fourth-order valence-corrected chi connectivity index (χ4v) is 2.38. The number of aromatic nitrogens is 2. The van der Waals surface area contributed by atoms with Gasteiger partial charge in [0.25, 0.3) is 0 Å². The zero-order chi connectivity index (χ0) is 12.9. The van der Waals surface area contributed by atoms with Gasteiger partial charge in [-0.15, -0.1) is 0 Å². The molecule has 1 N–H and O–H groups in total. The quantitative estimate of drug-likeness (QED) is 0.787. The van der Waals surface area contributed by atoms with Gasteiger partial charge in [-0.05, 0) is 31.0 Å². The van der Waals surface area contributed by atoms with Crippen LogP contribution in [0.15, 0.2) is 18.2 Å². The molecule has 0 radical (unpaired) electrons. The Bertz CT molecular complexity index is 603. The van der Waals surface area contributed by atoms with Gasteiger partial charge in [-0.2, -0.15) is 13.2 Å². The van der Waals surface area contributed by atoms with E-state index in [4.69, 9.17) is 0 Å². The second-order valence-corrected chi connectivity index (χ2v) is 4.48. The first-order chi connectivity index (χ1) is 8.47. The van der Waals surface area contributed by atoms with Gasteiger partial charge in [-0.1, -0.05) is 0 Å². The normalized spacial score (nSPS) is 20.1. The highest BCUT2D eigenvalue weighted by Crippen LogP contribution is 2.34. The molecule has 0 aliphatic carbocycles. The fourth-order valence-electron chi connectivity index (χ4n) is 2.38. The molecule has 6 heteroatoms. The maximum atomic E-state index is 12.7. The molecule has 0 saturated heterocycles. The van der Waals surface area contributed by atoms with Crippen molar-refractivity contribution in [1.29, 1.82) is 0 Å². The van der Waals surface area contributed by atoms with Gasteiger partial charge in [0.1, 0.15) is 11.9 Å². The van der Waals surface area contributed by atoms with Crippen molar-refractivity contribution in [2.45, 2.75) is 31.7 Å². The first-order valence-corrected chi connectivity index (χ1v) is 5.72. The molecular weight excluding hydrogens is 245 g/mol. The minimum absolute atomic E-state index is 0.443. The Morgan fingerprint density at radius 3 is 2.83 bits per heavy atom. The molecule has 3 nitrogen and oxygen atoms in total. The summed E-state index contributed by atoms with van der Waals surface area (Å²) in [5, 5.41) is 9.79. The molecule has 1 atom stereocenters. The molecule has 0 saturated carbocycles. The molecule has 1 aromatic carbocycles. The highest BCUT2D eigenvalue weighted by molar-refractivity contribution is 5.77. The Morgan fingerprint density at radius 2 is 2.11 bits per heavy atom. The van der Waals surface area contributed by atoms with E-state index in [0.29, 0.717) is 29.8 Å². The second kappa shape index (κ2) is 3.71. The van der Waals surface area contributed by atoms with Crippen molar-refractivity contribution in [2.75, 3.05) is 0 Å². The molecule has 0 amide bonds. The average Bonchev–Trinajstić information content (AvgIpc) is 2.67. The zero-order valence-electron chi connectivity index (χ0n) is 9.41. The summed E-state index contributed by atoms with van der Waals surface area (Å²) in [6.45, 7) is 0.601. The van der Waals surface area contributed by atoms with Gasteiger partial charge in [-0.3, -0.25) is 0 Å². The van der Waals surface area contributed by atoms with Crippen molar-refractivity contribution >= 4 is 11.0 Å². The monoisotopic (exact) mass is 256 g/mol. The van der Waals surface area contributed by atoms with Crippen molar-refractivity contribution in [2.24, 2.45) is 0 Å². The molecule has 96 valence electrons. The van der Waals surface area contributed by atoms with E-state index >= 15 is 0 Å². The van der Waals surface area contributed by atoms with Gasteiger partial charge < -0.3 is 9.67 Å². The van der Waals surface area contributed by atoms with E-state index in [0.717, 1.165) is 18.6 Å². The molecule has 1 unspecified atom stereocenters. The summed E-state index contributed by atoms with van der Waals surface area (Å²) in [6.07, 6.45) is -3.68. The van der Waals surface area contributed by atoms with E-state index in [-0.39, 0.29) is 0 Å². The predicted octanol–water partition coefficient (Wildman–Crippen LogP) is 2.88. The first-order valence-electron chi connectivity index (χ1n) is 5.72. The van der Waals surface area contributed by atoms with E-state index in [1.54, 1.807) is 4.57 Å². The van der Waals surface area contributed by atoms with E-state index < -0.39 is 17.8 Å². The number of nitrogens with zero attached hydrogens (tertiary/aromatic N) is 2. The molecule has 3 rings (SSSR count). The van der Waals surface area contributed by atoms with Gasteiger partial charge in [0.15, 0.2) is 0 Å². The Morgan fingerprint density at radius 1 is 1.33 bits per heavy atom. The number of imidazole rings is 1. The van der Waals surface area contributed by atoms with Gasteiger partial charge in [0.05, 0.1) is 16.6 Å². The lowest BCUT2D eigenvalue weighted by molar-refractivity contribution is -0.137. The molecule has 1 aromatic heterocycles. The molecule has 1 aliphatic heterocycles. The summed E-state index contributed by atoms with van der Waals surface area (Å²) in [5.74, 6) is 0.468. The van der Waals surface area contributed by atoms with Gasteiger partial charge in [0, 0.05) is 6.54 Å². The van der Waals surface area contributed by atoms with E-state index in [1.807, 2.05) is 0 Å². The summed E-state index contributed by atoms with van der Waals surface area (Å²) < 4.78 is 39.6. The third-order valence-electron chi connectivity index (χ3n) is 3.26. The van der Waals surface area contributed by atoms with E-state index in [9.17, 15) is 18.3 Å². The number of halogens is 3. The highest BCUT2D eigenvalue weighted by atomic mass is 19.4. The van der Waals surface area contributed by atoms with Crippen LogP contribution in [0.25, 0.3) is 11.0 Å². The predicted molar refractivity (Wildman–Crippen MR) is 58.9 cm³/mol. The lowest BCUT2D eigenvalue weighted by Crippen LogP contribution is -2.15. The van der Waals surface area contributed by atoms with Crippen molar-refractivity contribution in [3.8, 4) is 0 Å². The van der Waals surface area contributed by atoms with Gasteiger partial charge in [-0.25, -0.2) is 4.98 Å². The standard InChI is InChI=1S/C12H11F3N2O/c13-12(14,15)7-3-4-8-9(6-7)17-5-1-2-10(18)11(17)16-8/h3-4,6,10,18H,1-2,5H2. The molecule has 0 bridgehead atoms. The third-order valence-corrected chi connectivity index (χ3v) is 3.26.